The quantitative estimate of drug-likeness (QED) is 0.452. The largest absolute Gasteiger partial charge is 0.382 e. The molecular formula is C28H37N5O3. The van der Waals surface area contributed by atoms with Crippen LogP contribution in [0.25, 0.3) is 0 Å². The minimum Gasteiger partial charge on any atom is -0.382 e. The molecule has 2 fully saturated rings. The summed E-state index contributed by atoms with van der Waals surface area (Å²) in [4.78, 5) is 43.9. The van der Waals surface area contributed by atoms with Crippen molar-refractivity contribution >= 4 is 29.1 Å². The number of aromatic nitrogens is 1. The van der Waals surface area contributed by atoms with E-state index in [1.807, 2.05) is 19.1 Å². The predicted molar refractivity (Wildman–Crippen MR) is 142 cm³/mol. The van der Waals surface area contributed by atoms with Crippen LogP contribution < -0.4 is 21.3 Å². The van der Waals surface area contributed by atoms with Gasteiger partial charge in [-0.2, -0.15) is 0 Å². The van der Waals surface area contributed by atoms with Gasteiger partial charge in [0, 0.05) is 47.2 Å². The molecule has 0 spiro atoms. The molecule has 1 unspecified atom stereocenters. The molecule has 3 heterocycles. The fourth-order valence-electron chi connectivity index (χ4n) is 5.67. The Kier molecular flexibility index (Phi) is 7.62. The van der Waals surface area contributed by atoms with Crippen molar-refractivity contribution < 1.29 is 14.4 Å². The number of rotatable bonds is 9. The Morgan fingerprint density at radius 1 is 1.08 bits per heavy atom. The molecule has 4 N–H and O–H groups in total. The number of primary amides is 1. The summed E-state index contributed by atoms with van der Waals surface area (Å²) in [6.07, 6.45) is 7.25. The molecule has 8 nitrogen and oxygen atoms in total. The second kappa shape index (κ2) is 10.7. The zero-order valence-electron chi connectivity index (χ0n) is 21.6. The van der Waals surface area contributed by atoms with Crippen molar-refractivity contribution in [2.75, 3.05) is 10.2 Å². The smallest absolute Gasteiger partial charge is 0.251 e. The molecule has 2 saturated heterocycles. The van der Waals surface area contributed by atoms with Crippen molar-refractivity contribution in [3.05, 3.63) is 52.7 Å². The highest BCUT2D eigenvalue weighted by Crippen LogP contribution is 2.38. The number of anilines is 2. The van der Waals surface area contributed by atoms with Crippen molar-refractivity contribution in [3.8, 4) is 0 Å². The van der Waals surface area contributed by atoms with Gasteiger partial charge in [0.05, 0.1) is 5.56 Å². The van der Waals surface area contributed by atoms with Gasteiger partial charge < -0.3 is 21.3 Å². The van der Waals surface area contributed by atoms with Gasteiger partial charge in [-0.05, 0) is 82.2 Å². The van der Waals surface area contributed by atoms with Crippen LogP contribution in [-0.4, -0.2) is 46.7 Å². The van der Waals surface area contributed by atoms with Gasteiger partial charge in [-0.3, -0.25) is 14.4 Å². The summed E-state index contributed by atoms with van der Waals surface area (Å²) in [7, 11) is 0. The molecule has 2 bridgehead atoms. The van der Waals surface area contributed by atoms with Crippen LogP contribution in [0.2, 0.25) is 0 Å². The minimum absolute atomic E-state index is 0.0101. The van der Waals surface area contributed by atoms with Crippen LogP contribution in [0.1, 0.15) is 95.9 Å². The topological polar surface area (TPSA) is 117 Å². The number of fused-ring (bicyclic) bond motifs is 2. The fraction of sp³-hybridized carbons (Fsp3) is 0.500. The van der Waals surface area contributed by atoms with Crippen LogP contribution in [-0.2, 0) is 0 Å². The normalized spacial score (nSPS) is 20.9. The van der Waals surface area contributed by atoms with Gasteiger partial charge in [-0.1, -0.05) is 13.8 Å². The van der Waals surface area contributed by atoms with Gasteiger partial charge in [-0.25, -0.2) is 4.98 Å². The minimum atomic E-state index is -0.507. The van der Waals surface area contributed by atoms with E-state index in [1.165, 1.54) is 0 Å². The summed E-state index contributed by atoms with van der Waals surface area (Å²) in [5, 5.41) is 6.65. The van der Waals surface area contributed by atoms with E-state index < -0.39 is 5.91 Å². The number of nitrogens with one attached hydrogen (secondary N) is 2. The van der Waals surface area contributed by atoms with Gasteiger partial charge in [-0.15, -0.1) is 0 Å². The van der Waals surface area contributed by atoms with Gasteiger partial charge >= 0.3 is 0 Å². The number of pyridine rings is 1. The number of hydrogen-bond donors (Lipinski definition) is 3. The highest BCUT2D eigenvalue weighted by molar-refractivity contribution is 6.03. The number of carbonyl (C=O) groups is 3. The van der Waals surface area contributed by atoms with Crippen molar-refractivity contribution in [1.29, 1.82) is 0 Å². The summed E-state index contributed by atoms with van der Waals surface area (Å²) in [6, 6.07) is 8.11. The molecule has 2 aliphatic heterocycles. The number of Topliss-reactive ketones (excluding diaryl/α,β-unsaturated/α-hetero) is 1. The lowest BCUT2D eigenvalue weighted by Gasteiger charge is -2.40. The molecule has 2 aliphatic rings. The molecule has 2 aromatic rings. The lowest BCUT2D eigenvalue weighted by Crippen LogP contribution is -2.50. The maximum Gasteiger partial charge on any atom is 0.251 e. The third-order valence-corrected chi connectivity index (χ3v) is 7.71. The van der Waals surface area contributed by atoms with Crippen LogP contribution in [0, 0.1) is 6.92 Å². The first-order valence-electron chi connectivity index (χ1n) is 13.0. The Morgan fingerprint density at radius 3 is 2.28 bits per heavy atom. The number of nitrogens with zero attached hydrogens (tertiary/aromatic N) is 2. The molecule has 0 saturated carbocycles. The molecule has 4 rings (SSSR count). The van der Waals surface area contributed by atoms with E-state index >= 15 is 0 Å². The maximum atomic E-state index is 13.4. The maximum absolute atomic E-state index is 13.4. The molecule has 8 heteroatoms. The zero-order valence-corrected chi connectivity index (χ0v) is 21.6. The third-order valence-electron chi connectivity index (χ3n) is 7.71. The molecule has 1 aromatic carbocycles. The molecule has 1 aromatic heterocycles. The van der Waals surface area contributed by atoms with Crippen LogP contribution in [0.5, 0.6) is 0 Å². The first-order valence-corrected chi connectivity index (χ1v) is 13.0. The van der Waals surface area contributed by atoms with Crippen LogP contribution in [0.15, 0.2) is 30.5 Å². The van der Waals surface area contributed by atoms with Crippen molar-refractivity contribution in [2.45, 2.75) is 90.4 Å². The zero-order chi connectivity index (χ0) is 26.0. The lowest BCUT2D eigenvalue weighted by molar-refractivity contribution is 0.0924. The number of ketones is 1. The lowest BCUT2D eigenvalue weighted by atomic mass is 9.95. The van der Waals surface area contributed by atoms with E-state index in [0.29, 0.717) is 34.5 Å². The summed E-state index contributed by atoms with van der Waals surface area (Å²) in [5.41, 5.74) is 8.56. The Hall–Kier alpha value is -3.42. The molecule has 36 heavy (non-hydrogen) atoms. The average Bonchev–Trinajstić information content (AvgIpc) is 3.12. The van der Waals surface area contributed by atoms with E-state index in [0.717, 1.165) is 49.9 Å². The highest BCUT2D eigenvalue weighted by Gasteiger charge is 2.42. The Bertz CT molecular complexity index is 1130. The molecule has 0 radical (unpaired) electrons. The van der Waals surface area contributed by atoms with Crippen molar-refractivity contribution in [1.82, 2.24) is 10.3 Å². The monoisotopic (exact) mass is 491 g/mol. The van der Waals surface area contributed by atoms with Crippen LogP contribution in [0.4, 0.5) is 11.5 Å². The summed E-state index contributed by atoms with van der Waals surface area (Å²) in [6.45, 7) is 7.55. The number of aryl methyl sites for hydroxylation is 1. The van der Waals surface area contributed by atoms with Gasteiger partial charge in [0.25, 0.3) is 11.8 Å². The number of piperidine rings is 1. The van der Waals surface area contributed by atoms with Gasteiger partial charge in [0.1, 0.15) is 5.82 Å². The second-order valence-corrected chi connectivity index (χ2v) is 10.1. The highest BCUT2D eigenvalue weighted by atomic mass is 16.2. The number of amides is 2. The van der Waals surface area contributed by atoms with Gasteiger partial charge in [0.2, 0.25) is 0 Å². The van der Waals surface area contributed by atoms with E-state index in [4.69, 9.17) is 5.73 Å². The molecular weight excluding hydrogens is 454 g/mol. The Morgan fingerprint density at radius 2 is 1.75 bits per heavy atom. The van der Waals surface area contributed by atoms with E-state index in [1.54, 1.807) is 25.3 Å². The Balaban J connectivity index is 1.48. The first kappa shape index (κ1) is 25.7. The third kappa shape index (κ3) is 5.22. The summed E-state index contributed by atoms with van der Waals surface area (Å²) in [5.74, 6) is 0.272. The van der Waals surface area contributed by atoms with E-state index in [9.17, 15) is 14.4 Å². The van der Waals surface area contributed by atoms with E-state index in [2.05, 4.69) is 34.4 Å². The standard InChI is InChI=1S/C28H37N5O3/c1-5-19(6-2)31-25-14-23(16(3)11-24(25)27(29)35)28(36)32-20-12-21-8-9-22(13-20)33(21)26-10-7-18(15-30-26)17(4)34/h7,10-11,14-15,19-22,31H,5-6,8-9,12-13H2,1-4H3,(H2,29,35)(H,32,36)/t20?,21-,22+. The summed E-state index contributed by atoms with van der Waals surface area (Å²) < 4.78 is 0. The molecule has 192 valence electrons. The number of benzene rings is 1. The van der Waals surface area contributed by atoms with Gasteiger partial charge in [0.15, 0.2) is 5.78 Å². The van der Waals surface area contributed by atoms with Crippen LogP contribution >= 0.6 is 0 Å². The number of hydrogen-bond acceptors (Lipinski definition) is 6. The molecule has 2 amide bonds. The first-order chi connectivity index (χ1) is 17.2. The molecule has 3 atom stereocenters. The fourth-order valence-corrected chi connectivity index (χ4v) is 5.67. The average molecular weight is 492 g/mol. The molecule has 0 aliphatic carbocycles. The summed E-state index contributed by atoms with van der Waals surface area (Å²) >= 11 is 0. The number of nitrogens with two attached hydrogens (primary N) is 1. The predicted octanol–water partition coefficient (Wildman–Crippen LogP) is 4.22. The SMILES string of the molecule is CCC(CC)Nc1cc(C(=O)NC2C[C@H]3CC[C@@H](C2)N3c2ccc(C(C)=O)cn2)c(C)cc1C(N)=O. The van der Waals surface area contributed by atoms with Crippen LogP contribution in [0.3, 0.4) is 0 Å². The van der Waals surface area contributed by atoms with Crippen molar-refractivity contribution in [3.63, 3.8) is 0 Å². The second-order valence-electron chi connectivity index (χ2n) is 10.1. The number of carbonyl (C=O) groups excluding carboxylic acids is 3. The van der Waals surface area contributed by atoms with E-state index in [-0.39, 0.29) is 23.8 Å². The van der Waals surface area contributed by atoms with Crippen molar-refractivity contribution in [2.24, 2.45) is 5.73 Å². The Labute approximate surface area is 213 Å².